The van der Waals surface area contributed by atoms with Gasteiger partial charge in [0.15, 0.2) is 5.15 Å². The summed E-state index contributed by atoms with van der Waals surface area (Å²) in [5.41, 5.74) is 1.25. The molecule has 0 unspecified atom stereocenters. The normalized spacial score (nSPS) is 10.2. The quantitative estimate of drug-likeness (QED) is 0.855. The SMILES string of the molecule is COc1cc(Br)cnc1-c1ccc(Cl)nn1. The molecule has 82 valence electrons. The first-order valence-electron chi connectivity index (χ1n) is 4.40. The first kappa shape index (κ1) is 11.3. The summed E-state index contributed by atoms with van der Waals surface area (Å²) in [5, 5.41) is 8.06. The van der Waals surface area contributed by atoms with Crippen molar-refractivity contribution in [2.45, 2.75) is 0 Å². The molecule has 2 heterocycles. The second kappa shape index (κ2) is 4.76. The third-order valence-electron chi connectivity index (χ3n) is 1.91. The van der Waals surface area contributed by atoms with Gasteiger partial charge in [0.25, 0.3) is 0 Å². The Bertz CT molecular complexity index is 504. The summed E-state index contributed by atoms with van der Waals surface area (Å²) in [4.78, 5) is 4.23. The first-order chi connectivity index (χ1) is 7.70. The van der Waals surface area contributed by atoms with E-state index in [0.29, 0.717) is 22.3 Å². The fourth-order valence-corrected chi connectivity index (χ4v) is 1.62. The molecule has 2 rings (SSSR count). The highest BCUT2D eigenvalue weighted by molar-refractivity contribution is 9.10. The Labute approximate surface area is 106 Å². The fourth-order valence-electron chi connectivity index (χ4n) is 1.21. The van der Waals surface area contributed by atoms with Crippen molar-refractivity contribution in [1.29, 1.82) is 0 Å². The van der Waals surface area contributed by atoms with Crippen molar-refractivity contribution in [2.24, 2.45) is 0 Å². The highest BCUT2D eigenvalue weighted by Crippen LogP contribution is 2.28. The highest BCUT2D eigenvalue weighted by atomic mass is 79.9. The van der Waals surface area contributed by atoms with Gasteiger partial charge in [0.1, 0.15) is 17.1 Å². The van der Waals surface area contributed by atoms with Gasteiger partial charge in [0.2, 0.25) is 0 Å². The number of rotatable bonds is 2. The number of hydrogen-bond acceptors (Lipinski definition) is 4. The minimum Gasteiger partial charge on any atom is -0.494 e. The van der Waals surface area contributed by atoms with Gasteiger partial charge in [-0.25, -0.2) is 4.98 Å². The number of pyridine rings is 1. The van der Waals surface area contributed by atoms with Gasteiger partial charge in [-0.15, -0.1) is 10.2 Å². The molecular weight excluding hydrogens is 293 g/mol. The molecule has 2 aromatic heterocycles. The molecule has 4 nitrogen and oxygen atoms in total. The standard InChI is InChI=1S/C10H7BrClN3O/c1-16-8-4-6(11)5-13-10(8)7-2-3-9(12)15-14-7/h2-5H,1H3. The Balaban J connectivity index is 2.51. The van der Waals surface area contributed by atoms with Crippen molar-refractivity contribution in [3.8, 4) is 17.1 Å². The van der Waals surface area contributed by atoms with E-state index in [1.54, 1.807) is 25.4 Å². The van der Waals surface area contributed by atoms with Gasteiger partial charge in [-0.3, -0.25) is 0 Å². The fraction of sp³-hybridized carbons (Fsp3) is 0.100. The lowest BCUT2D eigenvalue weighted by molar-refractivity contribution is 0.414. The van der Waals surface area contributed by atoms with E-state index in [9.17, 15) is 0 Å². The van der Waals surface area contributed by atoms with Gasteiger partial charge >= 0.3 is 0 Å². The Morgan fingerprint density at radius 1 is 1.31 bits per heavy atom. The summed E-state index contributed by atoms with van der Waals surface area (Å²) in [6.07, 6.45) is 1.67. The van der Waals surface area contributed by atoms with Crippen LogP contribution in [-0.4, -0.2) is 22.3 Å². The molecule has 6 heteroatoms. The molecule has 0 bridgehead atoms. The van der Waals surface area contributed by atoms with Crippen LogP contribution in [0.15, 0.2) is 28.9 Å². The van der Waals surface area contributed by atoms with Crippen molar-refractivity contribution < 1.29 is 4.74 Å². The Hall–Kier alpha value is -1.20. The number of aromatic nitrogens is 3. The van der Waals surface area contributed by atoms with Crippen LogP contribution in [0.1, 0.15) is 0 Å². The van der Waals surface area contributed by atoms with E-state index in [4.69, 9.17) is 16.3 Å². The molecule has 0 aliphatic heterocycles. The predicted octanol–water partition coefficient (Wildman–Crippen LogP) is 2.96. The lowest BCUT2D eigenvalue weighted by Crippen LogP contribution is -1.94. The van der Waals surface area contributed by atoms with E-state index in [-0.39, 0.29) is 0 Å². The van der Waals surface area contributed by atoms with Crippen LogP contribution >= 0.6 is 27.5 Å². The van der Waals surface area contributed by atoms with Gasteiger partial charge in [-0.1, -0.05) is 11.6 Å². The zero-order valence-electron chi connectivity index (χ0n) is 8.32. The van der Waals surface area contributed by atoms with E-state index < -0.39 is 0 Å². The van der Waals surface area contributed by atoms with E-state index in [1.165, 1.54) is 0 Å². The molecule has 0 fully saturated rings. The zero-order valence-corrected chi connectivity index (χ0v) is 10.7. The predicted molar refractivity (Wildman–Crippen MR) is 64.5 cm³/mol. The molecule has 0 aliphatic carbocycles. The Kier molecular flexibility index (Phi) is 3.36. The lowest BCUT2D eigenvalue weighted by Gasteiger charge is -2.06. The smallest absolute Gasteiger partial charge is 0.151 e. The second-order valence-corrected chi connectivity index (χ2v) is 4.25. The van der Waals surface area contributed by atoms with E-state index in [0.717, 1.165) is 4.47 Å². The number of halogens is 2. The average Bonchev–Trinajstić information content (AvgIpc) is 2.30. The summed E-state index contributed by atoms with van der Waals surface area (Å²) >= 11 is 8.99. The van der Waals surface area contributed by atoms with Crippen LogP contribution in [0.3, 0.4) is 0 Å². The van der Waals surface area contributed by atoms with E-state index in [1.807, 2.05) is 6.07 Å². The van der Waals surface area contributed by atoms with Crippen LogP contribution in [0.4, 0.5) is 0 Å². The number of nitrogens with zero attached hydrogens (tertiary/aromatic N) is 3. The summed E-state index contributed by atoms with van der Waals surface area (Å²) in [5.74, 6) is 0.631. The summed E-state index contributed by atoms with van der Waals surface area (Å²) in [6.45, 7) is 0. The van der Waals surface area contributed by atoms with Crippen molar-refractivity contribution in [2.75, 3.05) is 7.11 Å². The first-order valence-corrected chi connectivity index (χ1v) is 5.57. The Morgan fingerprint density at radius 2 is 2.12 bits per heavy atom. The monoisotopic (exact) mass is 299 g/mol. The van der Waals surface area contributed by atoms with Crippen LogP contribution in [0, 0.1) is 0 Å². The van der Waals surface area contributed by atoms with E-state index >= 15 is 0 Å². The van der Waals surface area contributed by atoms with Crippen LogP contribution in [0.25, 0.3) is 11.4 Å². The third-order valence-corrected chi connectivity index (χ3v) is 2.55. The molecule has 0 saturated heterocycles. The van der Waals surface area contributed by atoms with Crippen LogP contribution in [0.5, 0.6) is 5.75 Å². The number of hydrogen-bond donors (Lipinski definition) is 0. The molecule has 0 atom stereocenters. The molecule has 0 amide bonds. The zero-order chi connectivity index (χ0) is 11.5. The number of methoxy groups -OCH3 is 1. The average molecular weight is 301 g/mol. The molecule has 0 spiro atoms. The lowest BCUT2D eigenvalue weighted by atomic mass is 10.2. The van der Waals surface area contributed by atoms with E-state index in [2.05, 4.69) is 31.1 Å². The largest absolute Gasteiger partial charge is 0.494 e. The Morgan fingerprint density at radius 3 is 2.75 bits per heavy atom. The molecule has 2 aromatic rings. The maximum absolute atomic E-state index is 5.67. The topological polar surface area (TPSA) is 47.9 Å². The van der Waals surface area contributed by atoms with Gasteiger partial charge < -0.3 is 4.74 Å². The summed E-state index contributed by atoms with van der Waals surface area (Å²) in [6, 6.07) is 5.22. The molecule has 0 saturated carbocycles. The van der Waals surface area contributed by atoms with Crippen molar-refractivity contribution in [3.63, 3.8) is 0 Å². The maximum Gasteiger partial charge on any atom is 0.151 e. The summed E-state index contributed by atoms with van der Waals surface area (Å²) < 4.78 is 6.06. The van der Waals surface area contributed by atoms with Crippen LogP contribution < -0.4 is 4.74 Å². The van der Waals surface area contributed by atoms with Gasteiger partial charge in [0.05, 0.1) is 7.11 Å². The summed E-state index contributed by atoms with van der Waals surface area (Å²) in [7, 11) is 1.58. The minimum absolute atomic E-state index is 0.347. The van der Waals surface area contributed by atoms with Crippen molar-refractivity contribution in [3.05, 3.63) is 34.0 Å². The van der Waals surface area contributed by atoms with Crippen molar-refractivity contribution >= 4 is 27.5 Å². The third kappa shape index (κ3) is 2.31. The van der Waals surface area contributed by atoms with Crippen molar-refractivity contribution in [1.82, 2.24) is 15.2 Å². The molecule has 0 aliphatic rings. The molecule has 0 aromatic carbocycles. The van der Waals surface area contributed by atoms with Crippen LogP contribution in [-0.2, 0) is 0 Å². The maximum atomic E-state index is 5.67. The molecule has 0 radical (unpaired) electrons. The minimum atomic E-state index is 0.347. The molecule has 0 N–H and O–H groups in total. The molecular formula is C10H7BrClN3O. The van der Waals surface area contributed by atoms with Gasteiger partial charge in [0, 0.05) is 10.7 Å². The van der Waals surface area contributed by atoms with Crippen LogP contribution in [0.2, 0.25) is 5.15 Å². The van der Waals surface area contributed by atoms with Gasteiger partial charge in [-0.05, 0) is 34.1 Å². The number of ether oxygens (including phenoxy) is 1. The highest BCUT2D eigenvalue weighted by Gasteiger charge is 2.09. The molecule has 16 heavy (non-hydrogen) atoms. The van der Waals surface area contributed by atoms with Gasteiger partial charge in [-0.2, -0.15) is 0 Å². The second-order valence-electron chi connectivity index (χ2n) is 2.95.